The number of unbranched alkanes of at least 4 members (excludes halogenated alkanes) is 3. The lowest BCUT2D eigenvalue weighted by Crippen LogP contribution is -2.46. The van der Waals surface area contributed by atoms with Gasteiger partial charge in [-0.2, -0.15) is 0 Å². The van der Waals surface area contributed by atoms with Crippen molar-refractivity contribution >= 4 is 17.9 Å². The molecule has 21 heavy (non-hydrogen) atoms. The number of nitrogens with zero attached hydrogens (tertiary/aromatic N) is 1. The molecule has 0 saturated carbocycles. The van der Waals surface area contributed by atoms with Crippen LogP contribution in [0.5, 0.6) is 0 Å². The van der Waals surface area contributed by atoms with Crippen LogP contribution in [0.15, 0.2) is 0 Å². The number of hydrogen-bond acceptors (Lipinski definition) is 3. The molecule has 0 saturated heterocycles. The minimum Gasteiger partial charge on any atom is -0.481 e. The van der Waals surface area contributed by atoms with E-state index in [1.165, 1.54) is 0 Å². The van der Waals surface area contributed by atoms with Crippen LogP contribution in [0, 0.1) is 0 Å². The van der Waals surface area contributed by atoms with Crippen molar-refractivity contribution in [3.05, 3.63) is 0 Å². The second-order valence-corrected chi connectivity index (χ2v) is 5.45. The molecule has 0 aliphatic carbocycles. The maximum atomic E-state index is 12.0. The summed E-state index contributed by atoms with van der Waals surface area (Å²) in [7, 11) is 0. The number of imide groups is 1. The standard InChI is InChI=1S/C15H28N2O4/c1-4-5-8-11-17(12(2)3)15(21)16-13(18)9-6-7-10-14(19)20/h12H,4-11H2,1-3H3,(H,19,20)(H,16,18,21). The minimum absolute atomic E-state index is 0.0432. The predicted molar refractivity (Wildman–Crippen MR) is 81.0 cm³/mol. The lowest BCUT2D eigenvalue weighted by atomic mass is 10.2. The molecular formula is C15H28N2O4. The van der Waals surface area contributed by atoms with Gasteiger partial charge in [-0.3, -0.25) is 14.9 Å². The Kier molecular flexibility index (Phi) is 10.3. The van der Waals surface area contributed by atoms with Crippen molar-refractivity contribution in [3.63, 3.8) is 0 Å². The molecular weight excluding hydrogens is 272 g/mol. The molecule has 0 fully saturated rings. The molecule has 0 aliphatic rings. The van der Waals surface area contributed by atoms with Crippen molar-refractivity contribution in [2.24, 2.45) is 0 Å². The molecule has 0 rings (SSSR count). The van der Waals surface area contributed by atoms with E-state index >= 15 is 0 Å². The molecule has 0 radical (unpaired) electrons. The zero-order valence-corrected chi connectivity index (χ0v) is 13.4. The van der Waals surface area contributed by atoms with Gasteiger partial charge < -0.3 is 10.0 Å². The van der Waals surface area contributed by atoms with Crippen LogP contribution in [0.3, 0.4) is 0 Å². The van der Waals surface area contributed by atoms with Gasteiger partial charge in [-0.25, -0.2) is 4.79 Å². The van der Waals surface area contributed by atoms with Crippen LogP contribution in [0.2, 0.25) is 0 Å². The zero-order chi connectivity index (χ0) is 16.3. The highest BCUT2D eigenvalue weighted by molar-refractivity contribution is 5.94. The fourth-order valence-electron chi connectivity index (χ4n) is 1.94. The fraction of sp³-hybridized carbons (Fsp3) is 0.800. The van der Waals surface area contributed by atoms with Crippen LogP contribution in [0.1, 0.15) is 65.7 Å². The molecule has 0 aliphatic heterocycles. The number of aliphatic carboxylic acids is 1. The third kappa shape index (κ3) is 9.87. The SMILES string of the molecule is CCCCCN(C(=O)NC(=O)CCCCC(=O)O)C(C)C. The van der Waals surface area contributed by atoms with Gasteiger partial charge in [0.05, 0.1) is 0 Å². The average molecular weight is 300 g/mol. The van der Waals surface area contributed by atoms with Crippen molar-refractivity contribution in [2.45, 2.75) is 71.8 Å². The maximum Gasteiger partial charge on any atom is 0.324 e. The van der Waals surface area contributed by atoms with Gasteiger partial charge in [-0.15, -0.1) is 0 Å². The summed E-state index contributed by atoms with van der Waals surface area (Å²) in [5.74, 6) is -1.21. The number of carbonyl (C=O) groups is 3. The minimum atomic E-state index is -0.867. The number of nitrogens with one attached hydrogen (secondary N) is 1. The van der Waals surface area contributed by atoms with Crippen LogP contribution in [-0.2, 0) is 9.59 Å². The number of rotatable bonds is 10. The lowest BCUT2D eigenvalue weighted by molar-refractivity contribution is -0.137. The Balaban J connectivity index is 4.10. The number of carboxylic acid groups (broad SMARTS) is 1. The molecule has 0 aromatic heterocycles. The molecule has 6 heteroatoms. The monoisotopic (exact) mass is 300 g/mol. The molecule has 0 bridgehead atoms. The molecule has 2 N–H and O–H groups in total. The van der Waals surface area contributed by atoms with Crippen molar-refractivity contribution in [1.29, 1.82) is 0 Å². The maximum absolute atomic E-state index is 12.0. The van der Waals surface area contributed by atoms with Crippen molar-refractivity contribution in [3.8, 4) is 0 Å². The van der Waals surface area contributed by atoms with Gasteiger partial charge in [-0.1, -0.05) is 19.8 Å². The first-order chi connectivity index (χ1) is 9.88. The second-order valence-electron chi connectivity index (χ2n) is 5.45. The second kappa shape index (κ2) is 11.1. The highest BCUT2D eigenvalue weighted by atomic mass is 16.4. The molecule has 0 unspecified atom stereocenters. The summed E-state index contributed by atoms with van der Waals surface area (Å²) in [6, 6.07) is -0.314. The molecule has 0 heterocycles. The van der Waals surface area contributed by atoms with Crippen LogP contribution < -0.4 is 5.32 Å². The fourth-order valence-corrected chi connectivity index (χ4v) is 1.94. The van der Waals surface area contributed by atoms with Crippen LogP contribution in [-0.4, -0.2) is 40.5 Å². The van der Waals surface area contributed by atoms with Crippen molar-refractivity contribution in [2.75, 3.05) is 6.54 Å². The first kappa shape index (κ1) is 19.4. The van der Waals surface area contributed by atoms with E-state index in [9.17, 15) is 14.4 Å². The molecule has 3 amide bonds. The van der Waals surface area contributed by atoms with Gasteiger partial charge >= 0.3 is 12.0 Å². The Bertz CT molecular complexity index is 343. The third-order valence-corrected chi connectivity index (χ3v) is 3.18. The highest BCUT2D eigenvalue weighted by Crippen LogP contribution is 2.05. The summed E-state index contributed by atoms with van der Waals surface area (Å²) >= 11 is 0. The van der Waals surface area contributed by atoms with Crippen LogP contribution in [0.4, 0.5) is 4.79 Å². The number of carboxylic acids is 1. The van der Waals surface area contributed by atoms with Gasteiger partial charge in [0.25, 0.3) is 0 Å². The van der Waals surface area contributed by atoms with Gasteiger partial charge in [0.2, 0.25) is 5.91 Å². The first-order valence-electron chi connectivity index (χ1n) is 7.70. The summed E-state index contributed by atoms with van der Waals surface area (Å²) in [6.45, 7) is 6.58. The molecule has 122 valence electrons. The Hall–Kier alpha value is -1.59. The van der Waals surface area contributed by atoms with Gasteiger partial charge in [0, 0.05) is 25.4 Å². The summed E-state index contributed by atoms with van der Waals surface area (Å²) < 4.78 is 0. The van der Waals surface area contributed by atoms with Crippen molar-refractivity contribution < 1.29 is 19.5 Å². The largest absolute Gasteiger partial charge is 0.481 e. The molecule has 0 aromatic rings. The number of carbonyl (C=O) groups excluding carboxylic acids is 2. The molecule has 0 atom stereocenters. The van der Waals surface area contributed by atoms with E-state index in [0.29, 0.717) is 19.4 Å². The van der Waals surface area contributed by atoms with E-state index in [4.69, 9.17) is 5.11 Å². The van der Waals surface area contributed by atoms with E-state index < -0.39 is 5.97 Å². The summed E-state index contributed by atoms with van der Waals surface area (Å²) in [6.07, 6.45) is 4.21. The predicted octanol–water partition coefficient (Wildman–Crippen LogP) is 2.77. The van der Waals surface area contributed by atoms with Gasteiger partial charge in [0.15, 0.2) is 0 Å². The number of urea groups is 1. The lowest BCUT2D eigenvalue weighted by Gasteiger charge is -2.26. The highest BCUT2D eigenvalue weighted by Gasteiger charge is 2.18. The van der Waals surface area contributed by atoms with E-state index in [-0.39, 0.29) is 30.8 Å². The topological polar surface area (TPSA) is 86.7 Å². The quantitative estimate of drug-likeness (QED) is 0.607. The van der Waals surface area contributed by atoms with E-state index in [1.807, 2.05) is 13.8 Å². The van der Waals surface area contributed by atoms with Crippen LogP contribution in [0.25, 0.3) is 0 Å². The Morgan fingerprint density at radius 1 is 1.05 bits per heavy atom. The Morgan fingerprint density at radius 3 is 2.19 bits per heavy atom. The van der Waals surface area contributed by atoms with Crippen molar-refractivity contribution in [1.82, 2.24) is 10.2 Å². The van der Waals surface area contributed by atoms with E-state index in [0.717, 1.165) is 19.3 Å². The average Bonchev–Trinajstić information content (AvgIpc) is 2.39. The van der Waals surface area contributed by atoms with Gasteiger partial charge in [0.1, 0.15) is 0 Å². The first-order valence-corrected chi connectivity index (χ1v) is 7.70. The van der Waals surface area contributed by atoms with E-state index in [2.05, 4.69) is 12.2 Å². The molecule has 6 nitrogen and oxygen atoms in total. The molecule has 0 aromatic carbocycles. The number of amides is 3. The summed E-state index contributed by atoms with van der Waals surface area (Å²) in [5, 5.41) is 10.9. The van der Waals surface area contributed by atoms with Crippen LogP contribution >= 0.6 is 0 Å². The third-order valence-electron chi connectivity index (χ3n) is 3.18. The normalized spacial score (nSPS) is 10.5. The Morgan fingerprint density at radius 2 is 1.67 bits per heavy atom. The smallest absolute Gasteiger partial charge is 0.324 e. The Labute approximate surface area is 126 Å². The number of hydrogen-bond donors (Lipinski definition) is 2. The summed E-state index contributed by atoms with van der Waals surface area (Å²) in [4.78, 5) is 35.7. The summed E-state index contributed by atoms with van der Waals surface area (Å²) in [5.41, 5.74) is 0. The van der Waals surface area contributed by atoms with Gasteiger partial charge in [-0.05, 0) is 33.1 Å². The van der Waals surface area contributed by atoms with E-state index in [1.54, 1.807) is 4.90 Å². The zero-order valence-electron chi connectivity index (χ0n) is 13.4. The molecule has 0 spiro atoms.